The van der Waals surface area contributed by atoms with E-state index in [1.807, 2.05) is 18.0 Å². The van der Waals surface area contributed by atoms with Crippen LogP contribution in [0.4, 0.5) is 5.69 Å². The van der Waals surface area contributed by atoms with E-state index in [1.54, 1.807) is 0 Å². The van der Waals surface area contributed by atoms with Gasteiger partial charge >= 0.3 is 0 Å². The molecule has 0 saturated carbocycles. The molecule has 1 heterocycles. The van der Waals surface area contributed by atoms with Crippen LogP contribution in [0.5, 0.6) is 0 Å². The van der Waals surface area contributed by atoms with Crippen molar-refractivity contribution in [3.05, 3.63) is 29.3 Å². The van der Waals surface area contributed by atoms with E-state index in [1.165, 1.54) is 11.1 Å². The lowest BCUT2D eigenvalue weighted by Crippen LogP contribution is -2.47. The van der Waals surface area contributed by atoms with Crippen molar-refractivity contribution in [2.24, 2.45) is 0 Å². The second-order valence-electron chi connectivity index (χ2n) is 5.21. The third kappa shape index (κ3) is 1.61. The van der Waals surface area contributed by atoms with Gasteiger partial charge in [0.15, 0.2) is 0 Å². The number of nitrogens with two attached hydrogens (primary N) is 1. The van der Waals surface area contributed by atoms with Crippen LogP contribution in [0.1, 0.15) is 36.3 Å². The maximum absolute atomic E-state index is 11.7. The van der Waals surface area contributed by atoms with Gasteiger partial charge in [0.05, 0.1) is 0 Å². The molecule has 2 atom stereocenters. The van der Waals surface area contributed by atoms with Crippen molar-refractivity contribution >= 4 is 11.6 Å². The van der Waals surface area contributed by atoms with Crippen molar-refractivity contribution in [3.8, 4) is 0 Å². The number of amides is 1. The molecule has 90 valence electrons. The van der Waals surface area contributed by atoms with Gasteiger partial charge in [-0.15, -0.1) is 0 Å². The molecule has 1 amide bonds. The quantitative estimate of drug-likeness (QED) is 0.692. The van der Waals surface area contributed by atoms with Crippen molar-refractivity contribution in [1.82, 2.24) is 4.90 Å². The van der Waals surface area contributed by atoms with Gasteiger partial charge in [0.25, 0.3) is 0 Å². The summed E-state index contributed by atoms with van der Waals surface area (Å²) in [5.41, 5.74) is 9.52. The number of fused-ring (bicyclic) bond motifs is 3. The second-order valence-corrected chi connectivity index (χ2v) is 5.21. The van der Waals surface area contributed by atoms with Crippen LogP contribution in [0.15, 0.2) is 18.2 Å². The van der Waals surface area contributed by atoms with Crippen LogP contribution in [-0.4, -0.2) is 23.9 Å². The van der Waals surface area contributed by atoms with Crippen molar-refractivity contribution < 1.29 is 4.79 Å². The summed E-state index contributed by atoms with van der Waals surface area (Å²) in [5.74, 6) is 0.781. The molecule has 2 aliphatic rings. The average Bonchev–Trinajstić information content (AvgIpc) is 2.33. The molecular formula is C14H18N2O. The summed E-state index contributed by atoms with van der Waals surface area (Å²) >= 11 is 0. The summed E-state index contributed by atoms with van der Waals surface area (Å²) in [6.45, 7) is 0. The molecule has 3 heteroatoms. The van der Waals surface area contributed by atoms with Gasteiger partial charge in [-0.3, -0.25) is 4.79 Å². The Labute approximate surface area is 102 Å². The van der Waals surface area contributed by atoms with E-state index in [4.69, 9.17) is 5.73 Å². The molecule has 0 spiro atoms. The molecule has 1 aliphatic heterocycles. The Morgan fingerprint density at radius 3 is 2.94 bits per heavy atom. The van der Waals surface area contributed by atoms with Crippen LogP contribution in [0.25, 0.3) is 0 Å². The molecule has 1 fully saturated rings. The zero-order valence-electron chi connectivity index (χ0n) is 10.1. The van der Waals surface area contributed by atoms with Gasteiger partial charge < -0.3 is 10.6 Å². The Morgan fingerprint density at radius 2 is 2.12 bits per heavy atom. The first-order valence-corrected chi connectivity index (χ1v) is 6.31. The number of likely N-dealkylation sites (N-methyl/N-ethyl adjacent to an activating group) is 1. The molecule has 0 radical (unpaired) electrons. The molecule has 3 rings (SSSR count). The lowest BCUT2D eigenvalue weighted by Gasteiger charge is -2.43. The topological polar surface area (TPSA) is 46.3 Å². The monoisotopic (exact) mass is 230 g/mol. The molecule has 1 saturated heterocycles. The number of carbonyl (C=O) groups excluding carboxylic acids is 1. The van der Waals surface area contributed by atoms with Crippen LogP contribution in [0.3, 0.4) is 0 Å². The highest BCUT2D eigenvalue weighted by molar-refractivity contribution is 5.77. The highest BCUT2D eigenvalue weighted by atomic mass is 16.2. The Kier molecular flexibility index (Phi) is 2.35. The van der Waals surface area contributed by atoms with Crippen molar-refractivity contribution in [1.29, 1.82) is 0 Å². The van der Waals surface area contributed by atoms with Crippen LogP contribution in [0, 0.1) is 0 Å². The normalized spacial score (nSPS) is 27.6. The summed E-state index contributed by atoms with van der Waals surface area (Å²) in [7, 11) is 1.94. The number of aryl methyl sites for hydroxylation is 1. The van der Waals surface area contributed by atoms with E-state index in [-0.39, 0.29) is 0 Å². The number of nitrogen functional groups attached to an aromatic ring is 1. The first-order chi connectivity index (χ1) is 8.16. The predicted octanol–water partition coefficient (Wildman–Crippen LogP) is 1.92. The molecule has 0 unspecified atom stereocenters. The molecule has 1 aliphatic carbocycles. The Morgan fingerprint density at radius 1 is 1.29 bits per heavy atom. The third-order valence-corrected chi connectivity index (χ3v) is 4.30. The largest absolute Gasteiger partial charge is 0.399 e. The molecule has 1 aromatic carbocycles. The number of piperidine rings is 1. The number of likely N-dealkylation sites (tertiary alicyclic amines) is 1. The number of rotatable bonds is 0. The SMILES string of the molecule is CN1C(=O)CC[C@H]2c3cc(N)ccc3CC[C@@H]21. The first-order valence-electron chi connectivity index (χ1n) is 6.31. The Hall–Kier alpha value is -1.51. The third-order valence-electron chi connectivity index (χ3n) is 4.30. The highest BCUT2D eigenvalue weighted by Crippen LogP contribution is 2.40. The second kappa shape index (κ2) is 3.76. The van der Waals surface area contributed by atoms with E-state index < -0.39 is 0 Å². The number of hydrogen-bond acceptors (Lipinski definition) is 2. The number of nitrogens with zero attached hydrogens (tertiary/aromatic N) is 1. The van der Waals surface area contributed by atoms with Gasteiger partial charge in [-0.2, -0.15) is 0 Å². The lowest BCUT2D eigenvalue weighted by atomic mass is 9.74. The number of hydrogen-bond donors (Lipinski definition) is 1. The fourth-order valence-electron chi connectivity index (χ4n) is 3.35. The summed E-state index contributed by atoms with van der Waals surface area (Å²) < 4.78 is 0. The van der Waals surface area contributed by atoms with Gasteiger partial charge in [0, 0.05) is 31.1 Å². The van der Waals surface area contributed by atoms with Gasteiger partial charge in [0.1, 0.15) is 0 Å². The Bertz CT molecular complexity index is 469. The fraction of sp³-hybridized carbons (Fsp3) is 0.500. The zero-order chi connectivity index (χ0) is 12.0. The molecule has 3 nitrogen and oxygen atoms in total. The standard InChI is InChI=1S/C14H18N2O/c1-16-13-6-3-9-2-4-10(15)8-12(9)11(13)5-7-14(16)17/h2,4,8,11,13H,3,5-7,15H2,1H3/t11-,13-/m0/s1. The summed E-state index contributed by atoms with van der Waals surface area (Å²) in [6, 6.07) is 6.62. The van der Waals surface area contributed by atoms with Crippen LogP contribution in [0.2, 0.25) is 0 Å². The summed E-state index contributed by atoms with van der Waals surface area (Å²) in [4.78, 5) is 13.7. The van der Waals surface area contributed by atoms with Crippen molar-refractivity contribution in [2.75, 3.05) is 12.8 Å². The minimum absolute atomic E-state index is 0.290. The number of anilines is 1. The fourth-order valence-corrected chi connectivity index (χ4v) is 3.35. The van der Waals surface area contributed by atoms with Crippen molar-refractivity contribution in [2.45, 2.75) is 37.6 Å². The molecule has 2 N–H and O–H groups in total. The van der Waals surface area contributed by atoms with E-state index in [2.05, 4.69) is 12.1 Å². The van der Waals surface area contributed by atoms with E-state index in [0.717, 1.165) is 24.9 Å². The molecule has 0 aromatic heterocycles. The zero-order valence-corrected chi connectivity index (χ0v) is 10.1. The van der Waals surface area contributed by atoms with Crippen LogP contribution < -0.4 is 5.73 Å². The number of carbonyl (C=O) groups is 1. The first kappa shape index (κ1) is 10.6. The Balaban J connectivity index is 2.01. The molecular weight excluding hydrogens is 212 g/mol. The van der Waals surface area contributed by atoms with Gasteiger partial charge in [-0.25, -0.2) is 0 Å². The maximum atomic E-state index is 11.7. The van der Waals surface area contributed by atoms with E-state index >= 15 is 0 Å². The highest BCUT2D eigenvalue weighted by Gasteiger charge is 2.37. The maximum Gasteiger partial charge on any atom is 0.222 e. The lowest BCUT2D eigenvalue weighted by molar-refractivity contribution is -0.135. The van der Waals surface area contributed by atoms with Gasteiger partial charge in [-0.05, 0) is 42.5 Å². The van der Waals surface area contributed by atoms with Crippen molar-refractivity contribution in [3.63, 3.8) is 0 Å². The minimum atomic E-state index is 0.290. The molecule has 1 aromatic rings. The molecule has 0 bridgehead atoms. The number of benzene rings is 1. The average molecular weight is 230 g/mol. The van der Waals surface area contributed by atoms with E-state index in [0.29, 0.717) is 24.3 Å². The van der Waals surface area contributed by atoms with Gasteiger partial charge in [-0.1, -0.05) is 6.07 Å². The van der Waals surface area contributed by atoms with Crippen LogP contribution >= 0.6 is 0 Å². The molecule has 17 heavy (non-hydrogen) atoms. The minimum Gasteiger partial charge on any atom is -0.399 e. The summed E-state index contributed by atoms with van der Waals surface area (Å²) in [5, 5.41) is 0. The van der Waals surface area contributed by atoms with Gasteiger partial charge in [0.2, 0.25) is 5.91 Å². The predicted molar refractivity (Wildman–Crippen MR) is 67.7 cm³/mol. The summed E-state index contributed by atoms with van der Waals surface area (Å²) in [6.07, 6.45) is 3.80. The smallest absolute Gasteiger partial charge is 0.222 e. The van der Waals surface area contributed by atoms with E-state index in [9.17, 15) is 4.79 Å². The van der Waals surface area contributed by atoms with Crippen LogP contribution in [-0.2, 0) is 11.2 Å².